The average molecular weight is 449 g/mol. The Labute approximate surface area is 189 Å². The molecular formula is C25H24N2O4S. The molecule has 2 aromatic carbocycles. The van der Waals surface area contributed by atoms with Crippen LogP contribution in [0.1, 0.15) is 56.7 Å². The summed E-state index contributed by atoms with van der Waals surface area (Å²) in [5.41, 5.74) is 3.71. The number of para-hydroxylation sites is 1. The molecule has 2 aromatic heterocycles. The van der Waals surface area contributed by atoms with Gasteiger partial charge < -0.3 is 15.2 Å². The third-order valence-corrected chi connectivity index (χ3v) is 6.81. The number of thiophene rings is 1. The normalized spacial score (nSPS) is 12.3. The van der Waals surface area contributed by atoms with E-state index in [-0.39, 0.29) is 11.7 Å². The van der Waals surface area contributed by atoms with E-state index >= 15 is 0 Å². The maximum atomic E-state index is 13.3. The van der Waals surface area contributed by atoms with Crippen molar-refractivity contribution in [3.05, 3.63) is 69.6 Å². The molecule has 0 aliphatic heterocycles. The SMILES string of the molecule is COCc1ccc(C(C)=O)c2sc(C(=O)Nc3cc(C(C)O)c4ccccc4n3)c(C)c12. The van der Waals surface area contributed by atoms with Gasteiger partial charge in [0, 0.05) is 28.1 Å². The van der Waals surface area contributed by atoms with Gasteiger partial charge in [-0.25, -0.2) is 4.98 Å². The Kier molecular flexibility index (Phi) is 6.06. The van der Waals surface area contributed by atoms with Gasteiger partial charge in [0.2, 0.25) is 0 Å². The first-order valence-electron chi connectivity index (χ1n) is 10.3. The van der Waals surface area contributed by atoms with E-state index in [0.29, 0.717) is 33.9 Å². The van der Waals surface area contributed by atoms with Crippen LogP contribution >= 0.6 is 11.3 Å². The number of hydrogen-bond donors (Lipinski definition) is 2. The van der Waals surface area contributed by atoms with Crippen LogP contribution in [-0.2, 0) is 11.3 Å². The molecule has 164 valence electrons. The highest BCUT2D eigenvalue weighted by Gasteiger charge is 2.22. The summed E-state index contributed by atoms with van der Waals surface area (Å²) in [7, 11) is 1.62. The molecule has 0 saturated carbocycles. The minimum Gasteiger partial charge on any atom is -0.389 e. The number of nitrogens with one attached hydrogen (secondary N) is 1. The number of methoxy groups -OCH3 is 1. The van der Waals surface area contributed by atoms with Crippen LogP contribution < -0.4 is 5.32 Å². The minimum atomic E-state index is -0.709. The van der Waals surface area contributed by atoms with Crippen molar-refractivity contribution in [1.82, 2.24) is 4.98 Å². The van der Waals surface area contributed by atoms with E-state index in [4.69, 9.17) is 4.74 Å². The summed E-state index contributed by atoms with van der Waals surface area (Å²) in [6.07, 6.45) is -0.709. The number of carbonyl (C=O) groups is 2. The summed E-state index contributed by atoms with van der Waals surface area (Å²) in [5.74, 6) is 0.0104. The third-order valence-electron chi connectivity index (χ3n) is 5.49. The Balaban J connectivity index is 1.80. The number of aryl methyl sites for hydroxylation is 1. The largest absolute Gasteiger partial charge is 0.389 e. The smallest absolute Gasteiger partial charge is 0.267 e. The Morgan fingerprint density at radius 3 is 2.66 bits per heavy atom. The Morgan fingerprint density at radius 2 is 1.97 bits per heavy atom. The van der Waals surface area contributed by atoms with Gasteiger partial charge in [-0.3, -0.25) is 9.59 Å². The lowest BCUT2D eigenvalue weighted by atomic mass is 10.0. The van der Waals surface area contributed by atoms with E-state index in [0.717, 1.165) is 26.6 Å². The molecule has 0 spiro atoms. The van der Waals surface area contributed by atoms with Crippen molar-refractivity contribution in [2.24, 2.45) is 0 Å². The second-order valence-electron chi connectivity index (χ2n) is 7.77. The van der Waals surface area contributed by atoms with Gasteiger partial charge in [-0.05, 0) is 55.7 Å². The number of pyridine rings is 1. The van der Waals surface area contributed by atoms with E-state index in [1.54, 1.807) is 26.2 Å². The minimum absolute atomic E-state index is 0.0510. The van der Waals surface area contributed by atoms with Gasteiger partial charge >= 0.3 is 0 Å². The zero-order valence-electron chi connectivity index (χ0n) is 18.4. The lowest BCUT2D eigenvalue weighted by Crippen LogP contribution is -2.13. The van der Waals surface area contributed by atoms with E-state index in [1.807, 2.05) is 37.3 Å². The number of ether oxygens (including phenoxy) is 1. The first kappa shape index (κ1) is 22.1. The highest BCUT2D eigenvalue weighted by molar-refractivity contribution is 7.21. The fourth-order valence-corrected chi connectivity index (χ4v) is 5.30. The number of aliphatic hydroxyl groups excluding tert-OH is 1. The molecule has 0 aliphatic carbocycles. The summed E-state index contributed by atoms with van der Waals surface area (Å²) in [6, 6.07) is 12.9. The van der Waals surface area contributed by atoms with Crippen molar-refractivity contribution in [3.8, 4) is 0 Å². The molecule has 1 amide bonds. The average Bonchev–Trinajstić information content (AvgIpc) is 3.11. The van der Waals surface area contributed by atoms with Crippen LogP contribution in [0.25, 0.3) is 21.0 Å². The molecule has 4 rings (SSSR count). The lowest BCUT2D eigenvalue weighted by molar-refractivity contribution is 0.101. The summed E-state index contributed by atoms with van der Waals surface area (Å²) < 4.78 is 6.10. The maximum absolute atomic E-state index is 13.3. The maximum Gasteiger partial charge on any atom is 0.267 e. The van der Waals surface area contributed by atoms with E-state index in [9.17, 15) is 14.7 Å². The number of aliphatic hydroxyl groups is 1. The zero-order chi connectivity index (χ0) is 23.0. The molecule has 0 radical (unpaired) electrons. The van der Waals surface area contributed by atoms with Gasteiger partial charge in [0.05, 0.1) is 23.1 Å². The molecule has 0 fully saturated rings. The Morgan fingerprint density at radius 1 is 1.22 bits per heavy atom. The van der Waals surface area contributed by atoms with Crippen LogP contribution in [0, 0.1) is 6.92 Å². The van der Waals surface area contributed by atoms with E-state index in [2.05, 4.69) is 10.3 Å². The fourth-order valence-electron chi connectivity index (χ4n) is 3.99. The monoisotopic (exact) mass is 448 g/mol. The highest BCUT2D eigenvalue weighted by Crippen LogP contribution is 2.37. The number of anilines is 1. The summed E-state index contributed by atoms with van der Waals surface area (Å²) in [4.78, 5) is 30.5. The van der Waals surface area contributed by atoms with Crippen molar-refractivity contribution in [2.75, 3.05) is 12.4 Å². The van der Waals surface area contributed by atoms with Crippen molar-refractivity contribution in [1.29, 1.82) is 0 Å². The number of Topliss-reactive ketones (excluding diaryl/α,β-unsaturated/α-hetero) is 1. The Bertz CT molecular complexity index is 1360. The number of rotatable bonds is 6. The van der Waals surface area contributed by atoms with Crippen LogP contribution in [-0.4, -0.2) is 28.9 Å². The van der Waals surface area contributed by atoms with Crippen LogP contribution in [0.4, 0.5) is 5.82 Å². The van der Waals surface area contributed by atoms with Crippen molar-refractivity contribution < 1.29 is 19.4 Å². The van der Waals surface area contributed by atoms with Gasteiger partial charge in [-0.2, -0.15) is 0 Å². The van der Waals surface area contributed by atoms with Gasteiger partial charge in [0.1, 0.15) is 5.82 Å². The molecule has 7 heteroatoms. The van der Waals surface area contributed by atoms with Crippen LogP contribution in [0.3, 0.4) is 0 Å². The van der Waals surface area contributed by atoms with E-state index in [1.165, 1.54) is 18.3 Å². The summed E-state index contributed by atoms with van der Waals surface area (Å²) >= 11 is 1.29. The molecule has 1 atom stereocenters. The molecule has 0 aliphatic rings. The Hall–Kier alpha value is -3.13. The molecule has 4 aromatic rings. The van der Waals surface area contributed by atoms with Crippen LogP contribution in [0.2, 0.25) is 0 Å². The quantitative estimate of drug-likeness (QED) is 0.385. The predicted molar refractivity (Wildman–Crippen MR) is 128 cm³/mol. The number of benzene rings is 2. The van der Waals surface area contributed by atoms with Crippen molar-refractivity contribution >= 4 is 49.8 Å². The molecule has 2 heterocycles. The number of amides is 1. The number of hydrogen-bond acceptors (Lipinski definition) is 6. The van der Waals surface area contributed by atoms with Crippen molar-refractivity contribution in [3.63, 3.8) is 0 Å². The molecule has 0 bridgehead atoms. The molecular weight excluding hydrogens is 424 g/mol. The zero-order valence-corrected chi connectivity index (χ0v) is 19.2. The second kappa shape index (κ2) is 8.78. The number of fused-ring (bicyclic) bond motifs is 2. The standard InChI is InChI=1S/C25H24N2O4S/c1-13-22-16(12-31-4)9-10-17(14(2)28)24(22)32-23(13)25(30)27-21-11-19(15(3)29)18-7-5-6-8-20(18)26-21/h5-11,15,29H,12H2,1-4H3,(H,26,27,30). The van der Waals surface area contributed by atoms with E-state index < -0.39 is 6.10 Å². The highest BCUT2D eigenvalue weighted by atomic mass is 32.1. The van der Waals surface area contributed by atoms with Gasteiger partial charge in [0.15, 0.2) is 5.78 Å². The molecule has 32 heavy (non-hydrogen) atoms. The third kappa shape index (κ3) is 3.90. The molecule has 6 nitrogen and oxygen atoms in total. The first-order valence-corrected chi connectivity index (χ1v) is 11.1. The topological polar surface area (TPSA) is 88.5 Å². The summed E-state index contributed by atoms with van der Waals surface area (Å²) in [6.45, 7) is 5.48. The molecule has 2 N–H and O–H groups in total. The van der Waals surface area contributed by atoms with Gasteiger partial charge in [-0.1, -0.05) is 24.3 Å². The molecule has 0 saturated heterocycles. The lowest BCUT2D eigenvalue weighted by Gasteiger charge is -2.12. The second-order valence-corrected chi connectivity index (χ2v) is 8.79. The number of nitrogens with zero attached hydrogens (tertiary/aromatic N) is 1. The molecule has 1 unspecified atom stereocenters. The fraction of sp³-hybridized carbons (Fsp3) is 0.240. The first-order chi connectivity index (χ1) is 15.3. The van der Waals surface area contributed by atoms with Crippen LogP contribution in [0.5, 0.6) is 0 Å². The number of carbonyl (C=O) groups excluding carboxylic acids is 2. The predicted octanol–water partition coefficient (Wildman–Crippen LogP) is 5.41. The van der Waals surface area contributed by atoms with Gasteiger partial charge in [0.25, 0.3) is 5.91 Å². The summed E-state index contributed by atoms with van der Waals surface area (Å²) in [5, 5.41) is 14.8. The number of aromatic nitrogens is 1. The van der Waals surface area contributed by atoms with Gasteiger partial charge in [-0.15, -0.1) is 11.3 Å². The van der Waals surface area contributed by atoms with Crippen molar-refractivity contribution in [2.45, 2.75) is 33.5 Å². The number of ketones is 1. The van der Waals surface area contributed by atoms with Crippen LogP contribution in [0.15, 0.2) is 42.5 Å².